The minimum absolute atomic E-state index is 0.194. The smallest absolute Gasteiger partial charge is 0.320 e. The number of hydrogen-bond acceptors (Lipinski definition) is 6. The lowest BCUT2D eigenvalue weighted by Gasteiger charge is -2.14. The van der Waals surface area contributed by atoms with Crippen LogP contribution in [0.15, 0.2) is 0 Å². The highest BCUT2D eigenvalue weighted by molar-refractivity contribution is 5.94. The molecule has 7 nitrogen and oxygen atoms in total. The summed E-state index contributed by atoms with van der Waals surface area (Å²) in [6.45, 7) is 1.79. The minimum atomic E-state index is -1.23. The highest BCUT2D eigenvalue weighted by Crippen LogP contribution is 2.16. The Kier molecular flexibility index (Phi) is 6.85. The summed E-state index contributed by atoms with van der Waals surface area (Å²) < 4.78 is 8.86. The van der Waals surface area contributed by atoms with E-state index in [0.717, 1.165) is 14.2 Å². The maximum Gasteiger partial charge on any atom is 0.320 e. The number of carbonyl (C=O) groups is 2. The fraction of sp³-hybridized carbons (Fsp3) is 0.800. The third-order valence-electron chi connectivity index (χ3n) is 2.40. The van der Waals surface area contributed by atoms with Gasteiger partial charge >= 0.3 is 11.9 Å². The number of carbonyl (C=O) groups excluding carboxylic acids is 2. The van der Waals surface area contributed by atoms with Gasteiger partial charge < -0.3 is 9.47 Å². The van der Waals surface area contributed by atoms with Crippen molar-refractivity contribution in [2.75, 3.05) is 14.2 Å². The standard InChI is InChI=1S/C10H17NO6/c1-4-5-7(11(14)15)6-8(9(12)16-2)10(13)17-3/h7-8H,4-6H2,1-3H3. The van der Waals surface area contributed by atoms with Crippen LogP contribution in [0.2, 0.25) is 0 Å². The number of nitrogens with zero attached hydrogens (tertiary/aromatic N) is 1. The summed E-state index contributed by atoms with van der Waals surface area (Å²) in [6.07, 6.45) is 0.707. The van der Waals surface area contributed by atoms with E-state index in [1.807, 2.05) is 0 Å². The molecule has 0 rings (SSSR count). The number of esters is 2. The average molecular weight is 247 g/mol. The van der Waals surface area contributed by atoms with E-state index >= 15 is 0 Å². The van der Waals surface area contributed by atoms with E-state index in [1.165, 1.54) is 0 Å². The molecule has 0 aliphatic heterocycles. The van der Waals surface area contributed by atoms with Gasteiger partial charge in [-0.2, -0.15) is 0 Å². The van der Waals surface area contributed by atoms with Crippen molar-refractivity contribution < 1.29 is 24.0 Å². The Balaban J connectivity index is 4.76. The second-order valence-corrected chi connectivity index (χ2v) is 3.56. The maximum absolute atomic E-state index is 11.3. The molecule has 7 heteroatoms. The molecular weight excluding hydrogens is 230 g/mol. The highest BCUT2D eigenvalue weighted by Gasteiger charge is 2.35. The van der Waals surface area contributed by atoms with Crippen molar-refractivity contribution in [1.29, 1.82) is 0 Å². The predicted octanol–water partition coefficient (Wildman–Crippen LogP) is 0.784. The summed E-state index contributed by atoms with van der Waals surface area (Å²) >= 11 is 0. The lowest BCUT2D eigenvalue weighted by molar-refractivity contribution is -0.525. The number of hydrogen-bond donors (Lipinski definition) is 0. The molecule has 0 heterocycles. The molecule has 1 atom stereocenters. The van der Waals surface area contributed by atoms with Gasteiger partial charge in [-0.1, -0.05) is 6.92 Å². The van der Waals surface area contributed by atoms with Crippen LogP contribution < -0.4 is 0 Å². The molecule has 0 saturated carbocycles. The maximum atomic E-state index is 11.3. The Morgan fingerprint density at radius 3 is 2.00 bits per heavy atom. The van der Waals surface area contributed by atoms with Gasteiger partial charge in [0.25, 0.3) is 0 Å². The van der Waals surface area contributed by atoms with Crippen LogP contribution in [0, 0.1) is 16.0 Å². The molecular formula is C10H17NO6. The number of ether oxygens (including phenoxy) is 2. The molecule has 0 fully saturated rings. The zero-order valence-electron chi connectivity index (χ0n) is 10.2. The summed E-state index contributed by atoms with van der Waals surface area (Å²) in [7, 11) is 2.25. The summed E-state index contributed by atoms with van der Waals surface area (Å²) in [5.74, 6) is -2.84. The summed E-state index contributed by atoms with van der Waals surface area (Å²) in [5.41, 5.74) is 0. The van der Waals surface area contributed by atoms with Gasteiger partial charge in [0.2, 0.25) is 6.04 Å². The first-order chi connectivity index (χ1) is 7.97. The molecule has 0 aliphatic carbocycles. The van der Waals surface area contributed by atoms with Crippen molar-refractivity contribution in [3.05, 3.63) is 10.1 Å². The van der Waals surface area contributed by atoms with Crippen LogP contribution in [-0.2, 0) is 19.1 Å². The normalized spacial score (nSPS) is 12.0. The molecule has 0 radical (unpaired) electrons. The van der Waals surface area contributed by atoms with Gasteiger partial charge in [-0.25, -0.2) is 0 Å². The molecule has 0 spiro atoms. The highest BCUT2D eigenvalue weighted by atomic mass is 16.6. The van der Waals surface area contributed by atoms with Gasteiger partial charge in [-0.15, -0.1) is 0 Å². The van der Waals surface area contributed by atoms with Crippen LogP contribution >= 0.6 is 0 Å². The zero-order chi connectivity index (χ0) is 13.4. The van der Waals surface area contributed by atoms with Crippen molar-refractivity contribution in [3.63, 3.8) is 0 Å². The van der Waals surface area contributed by atoms with Gasteiger partial charge in [-0.3, -0.25) is 19.7 Å². The Morgan fingerprint density at radius 1 is 1.24 bits per heavy atom. The number of rotatable bonds is 7. The molecule has 98 valence electrons. The van der Waals surface area contributed by atoms with Gasteiger partial charge in [0.15, 0.2) is 5.92 Å². The largest absolute Gasteiger partial charge is 0.468 e. The third-order valence-corrected chi connectivity index (χ3v) is 2.40. The Morgan fingerprint density at radius 2 is 1.71 bits per heavy atom. The minimum Gasteiger partial charge on any atom is -0.468 e. The first kappa shape index (κ1) is 15.3. The van der Waals surface area contributed by atoms with Crippen molar-refractivity contribution in [3.8, 4) is 0 Å². The Hall–Kier alpha value is -1.66. The van der Waals surface area contributed by atoms with E-state index in [0.29, 0.717) is 12.8 Å². The lowest BCUT2D eigenvalue weighted by atomic mass is 9.97. The molecule has 0 aromatic heterocycles. The Bertz CT molecular complexity index is 275. The van der Waals surface area contributed by atoms with Crippen LogP contribution in [0.4, 0.5) is 0 Å². The second kappa shape index (κ2) is 7.59. The van der Waals surface area contributed by atoms with Crippen molar-refractivity contribution in [2.24, 2.45) is 5.92 Å². The molecule has 0 aliphatic rings. The first-order valence-corrected chi connectivity index (χ1v) is 5.27. The van der Waals surface area contributed by atoms with E-state index in [9.17, 15) is 19.7 Å². The number of nitro groups is 1. The van der Waals surface area contributed by atoms with Crippen LogP contribution in [0.25, 0.3) is 0 Å². The van der Waals surface area contributed by atoms with Crippen molar-refractivity contribution in [1.82, 2.24) is 0 Å². The average Bonchev–Trinajstić information content (AvgIpc) is 2.32. The molecule has 0 saturated heterocycles. The molecule has 1 unspecified atom stereocenters. The van der Waals surface area contributed by atoms with E-state index in [4.69, 9.17) is 0 Å². The van der Waals surface area contributed by atoms with Gasteiger partial charge in [0, 0.05) is 17.8 Å². The van der Waals surface area contributed by atoms with Crippen LogP contribution in [-0.4, -0.2) is 37.1 Å². The second-order valence-electron chi connectivity index (χ2n) is 3.56. The van der Waals surface area contributed by atoms with Gasteiger partial charge in [0.05, 0.1) is 14.2 Å². The summed E-state index contributed by atoms with van der Waals surface area (Å²) in [4.78, 5) is 32.9. The lowest BCUT2D eigenvalue weighted by Crippen LogP contribution is -2.33. The third kappa shape index (κ3) is 4.80. The first-order valence-electron chi connectivity index (χ1n) is 5.27. The summed E-state index contributed by atoms with van der Waals surface area (Å²) in [6, 6.07) is -0.941. The van der Waals surface area contributed by atoms with E-state index in [1.54, 1.807) is 6.92 Å². The zero-order valence-corrected chi connectivity index (χ0v) is 10.2. The quantitative estimate of drug-likeness (QED) is 0.285. The van der Waals surface area contributed by atoms with Crippen molar-refractivity contribution >= 4 is 11.9 Å². The fourth-order valence-corrected chi connectivity index (χ4v) is 1.49. The van der Waals surface area contributed by atoms with Crippen molar-refractivity contribution in [2.45, 2.75) is 32.2 Å². The molecule has 0 N–H and O–H groups in total. The molecule has 0 aromatic rings. The molecule has 0 bridgehead atoms. The topological polar surface area (TPSA) is 95.7 Å². The number of methoxy groups -OCH3 is 2. The van der Waals surface area contributed by atoms with Crippen LogP contribution in [0.5, 0.6) is 0 Å². The predicted molar refractivity (Wildman–Crippen MR) is 57.8 cm³/mol. The molecule has 0 amide bonds. The van der Waals surface area contributed by atoms with Crippen LogP contribution in [0.3, 0.4) is 0 Å². The fourth-order valence-electron chi connectivity index (χ4n) is 1.49. The van der Waals surface area contributed by atoms with E-state index in [-0.39, 0.29) is 6.42 Å². The van der Waals surface area contributed by atoms with Gasteiger partial charge in [0.1, 0.15) is 0 Å². The molecule has 0 aromatic carbocycles. The SMILES string of the molecule is CCCC(CC(C(=O)OC)C(=O)OC)[N+](=O)[O-]. The van der Waals surface area contributed by atoms with E-state index < -0.39 is 28.8 Å². The molecule has 17 heavy (non-hydrogen) atoms. The van der Waals surface area contributed by atoms with Crippen LogP contribution in [0.1, 0.15) is 26.2 Å². The Labute approximate surface area is 99.2 Å². The summed E-state index contributed by atoms with van der Waals surface area (Å²) in [5, 5.41) is 10.7. The monoisotopic (exact) mass is 247 g/mol. The van der Waals surface area contributed by atoms with Gasteiger partial charge in [-0.05, 0) is 6.42 Å². The van der Waals surface area contributed by atoms with E-state index in [2.05, 4.69) is 9.47 Å².